The smallest absolute Gasteiger partial charge is 0.118 e. The van der Waals surface area contributed by atoms with Crippen molar-refractivity contribution in [3.05, 3.63) is 198 Å². The van der Waals surface area contributed by atoms with Gasteiger partial charge in [0.2, 0.25) is 0 Å². The highest BCUT2D eigenvalue weighted by Gasteiger charge is 2.43. The molecule has 8 rings (SSSR count). The molecule has 0 fully saturated rings. The average Bonchev–Trinajstić information content (AvgIpc) is 3.34. The minimum absolute atomic E-state index is 0.125. The first-order valence-electron chi connectivity index (χ1n) is 17.8. The predicted molar refractivity (Wildman–Crippen MR) is 211 cm³/mol. The van der Waals surface area contributed by atoms with Crippen molar-refractivity contribution in [2.75, 3.05) is 11.4 Å². The molecule has 0 amide bonds. The van der Waals surface area contributed by atoms with Crippen LogP contribution in [0.2, 0.25) is 0 Å². The van der Waals surface area contributed by atoms with Crippen molar-refractivity contribution in [1.29, 1.82) is 0 Å². The summed E-state index contributed by atoms with van der Waals surface area (Å²) in [6, 6.07) is 31.8. The molecule has 0 aromatic heterocycles. The molecule has 0 saturated carbocycles. The fourth-order valence-corrected chi connectivity index (χ4v) is 8.70. The number of anilines is 2. The first kappa shape index (κ1) is 31.9. The maximum Gasteiger partial charge on any atom is 0.118 e. The fourth-order valence-electron chi connectivity index (χ4n) is 8.70. The van der Waals surface area contributed by atoms with Crippen molar-refractivity contribution in [3.63, 3.8) is 0 Å². The topological polar surface area (TPSA) is 12.5 Å². The van der Waals surface area contributed by atoms with Crippen molar-refractivity contribution in [1.82, 2.24) is 0 Å². The van der Waals surface area contributed by atoms with E-state index in [1.54, 1.807) is 6.26 Å². The van der Waals surface area contributed by atoms with Crippen LogP contribution in [0.3, 0.4) is 0 Å². The molecule has 0 spiro atoms. The summed E-state index contributed by atoms with van der Waals surface area (Å²) in [5, 5.41) is 0. The molecule has 0 saturated heterocycles. The van der Waals surface area contributed by atoms with Crippen LogP contribution >= 0.6 is 0 Å². The summed E-state index contributed by atoms with van der Waals surface area (Å²) < 4.78 is 6.25. The molecule has 248 valence electrons. The van der Waals surface area contributed by atoms with Crippen LogP contribution in [0.25, 0.3) is 16.7 Å². The molecule has 2 aliphatic carbocycles. The Morgan fingerprint density at radius 3 is 2.32 bits per heavy atom. The van der Waals surface area contributed by atoms with Crippen molar-refractivity contribution >= 4 is 16.9 Å². The van der Waals surface area contributed by atoms with Crippen LogP contribution in [0.1, 0.15) is 67.5 Å². The normalized spacial score (nSPS) is 23.3. The molecule has 50 heavy (non-hydrogen) atoms. The lowest BCUT2D eigenvalue weighted by atomic mass is 9.67. The number of fused-ring (bicyclic) bond motifs is 6. The van der Waals surface area contributed by atoms with Crippen molar-refractivity contribution < 1.29 is 4.74 Å². The first-order valence-corrected chi connectivity index (χ1v) is 17.8. The second-order valence-corrected chi connectivity index (χ2v) is 15.3. The van der Waals surface area contributed by atoms with Crippen LogP contribution in [0, 0.1) is 0 Å². The summed E-state index contributed by atoms with van der Waals surface area (Å²) in [5.74, 6) is 0.917. The van der Waals surface area contributed by atoms with Gasteiger partial charge in [0.05, 0.1) is 11.7 Å². The predicted octanol–water partition coefficient (Wildman–Crippen LogP) is 12.0. The highest BCUT2D eigenvalue weighted by molar-refractivity contribution is 5.87. The Morgan fingerprint density at radius 2 is 1.46 bits per heavy atom. The Bertz CT molecular complexity index is 2220. The number of allylic oxidation sites excluding steroid dienone is 10. The molecule has 0 bridgehead atoms. The van der Waals surface area contributed by atoms with Crippen LogP contribution in [0.15, 0.2) is 164 Å². The van der Waals surface area contributed by atoms with Gasteiger partial charge < -0.3 is 9.64 Å². The summed E-state index contributed by atoms with van der Waals surface area (Å²) in [4.78, 5) is 2.53. The Labute approximate surface area is 297 Å². The lowest BCUT2D eigenvalue weighted by molar-refractivity contribution is 0.279. The zero-order valence-corrected chi connectivity index (χ0v) is 29.7. The summed E-state index contributed by atoms with van der Waals surface area (Å²) in [7, 11) is 0. The van der Waals surface area contributed by atoms with E-state index in [9.17, 15) is 0 Å². The van der Waals surface area contributed by atoms with Gasteiger partial charge in [-0.15, -0.1) is 0 Å². The van der Waals surface area contributed by atoms with Gasteiger partial charge in [0.25, 0.3) is 0 Å². The molecule has 0 radical (unpaired) electrons. The number of hydrogen-bond acceptors (Lipinski definition) is 2. The molecular weight excluding hydrogens is 607 g/mol. The monoisotopic (exact) mass is 651 g/mol. The van der Waals surface area contributed by atoms with E-state index in [1.165, 1.54) is 50.3 Å². The van der Waals surface area contributed by atoms with Crippen molar-refractivity contribution in [2.24, 2.45) is 0 Å². The Balaban J connectivity index is 1.25. The summed E-state index contributed by atoms with van der Waals surface area (Å²) in [5.41, 5.74) is 14.0. The minimum Gasteiger partial charge on any atom is -0.468 e. The van der Waals surface area contributed by atoms with E-state index >= 15 is 0 Å². The number of para-hydroxylation sites is 1. The van der Waals surface area contributed by atoms with Crippen LogP contribution in [-0.4, -0.2) is 6.54 Å². The van der Waals surface area contributed by atoms with Crippen LogP contribution in [-0.2, 0) is 27.4 Å². The molecule has 2 nitrogen and oxygen atoms in total. The van der Waals surface area contributed by atoms with Gasteiger partial charge >= 0.3 is 0 Å². The second-order valence-electron chi connectivity index (χ2n) is 15.3. The molecule has 4 aliphatic rings. The lowest BCUT2D eigenvalue weighted by Crippen LogP contribution is -2.35. The third-order valence-corrected chi connectivity index (χ3v) is 11.4. The van der Waals surface area contributed by atoms with E-state index in [0.29, 0.717) is 0 Å². The van der Waals surface area contributed by atoms with E-state index < -0.39 is 5.41 Å². The van der Waals surface area contributed by atoms with Crippen molar-refractivity contribution in [3.8, 4) is 11.1 Å². The molecule has 1 unspecified atom stereocenters. The summed E-state index contributed by atoms with van der Waals surface area (Å²) in [6.45, 7) is 19.4. The fraction of sp³-hybridized carbons (Fsp3) is 0.208. The summed E-state index contributed by atoms with van der Waals surface area (Å²) >= 11 is 0. The molecule has 4 aromatic rings. The number of ether oxygens (including phenoxy) is 1. The zero-order chi connectivity index (χ0) is 34.7. The number of rotatable bonds is 2. The number of benzene rings is 4. The molecule has 2 aliphatic heterocycles. The maximum atomic E-state index is 6.25. The SMILES string of the molecule is C=C1/C=C\Cc2ccccc2C(C)(C)CN(c2ccc3c(c2)C(C)(C)c2cc(C45CC=CC=C4O/C=C\C=C/C5=C)ccc2-3)c2ccccc21. The van der Waals surface area contributed by atoms with Gasteiger partial charge in [0.1, 0.15) is 5.76 Å². The largest absolute Gasteiger partial charge is 0.468 e. The molecule has 1 atom stereocenters. The van der Waals surface area contributed by atoms with Gasteiger partial charge in [-0.25, -0.2) is 0 Å². The van der Waals surface area contributed by atoms with E-state index in [4.69, 9.17) is 4.74 Å². The minimum atomic E-state index is -0.454. The van der Waals surface area contributed by atoms with E-state index in [1.807, 2.05) is 12.2 Å². The molecule has 2 heterocycles. The Hall–Kier alpha value is -5.34. The first-order chi connectivity index (χ1) is 24.1. The molecule has 0 N–H and O–H groups in total. The molecular formula is C48H45NO. The maximum absolute atomic E-state index is 6.25. The zero-order valence-electron chi connectivity index (χ0n) is 29.7. The Kier molecular flexibility index (Phi) is 7.60. The number of nitrogens with zero attached hydrogens (tertiary/aromatic N) is 1. The average molecular weight is 652 g/mol. The van der Waals surface area contributed by atoms with Gasteiger partial charge in [-0.3, -0.25) is 0 Å². The van der Waals surface area contributed by atoms with Crippen LogP contribution in [0.4, 0.5) is 11.4 Å². The Morgan fingerprint density at radius 1 is 0.700 bits per heavy atom. The highest BCUT2D eigenvalue weighted by Crippen LogP contribution is 2.54. The third kappa shape index (κ3) is 5.00. The van der Waals surface area contributed by atoms with E-state index in [0.717, 1.165) is 41.9 Å². The van der Waals surface area contributed by atoms with E-state index in [-0.39, 0.29) is 10.8 Å². The van der Waals surface area contributed by atoms with Crippen LogP contribution < -0.4 is 4.90 Å². The standard InChI is InChI=1S/C48H45NO/c1-33-16-15-19-35-18-7-9-21-41(35)46(3,4)32-49(44-22-10-8-20-38(33)44)37-25-27-40-39-26-24-36(30-42(39)47(5,6)43(40)31-37)48-28-13-11-23-45(48)50-29-14-12-17-34(48)2/h7-18,20-27,29-31H,1-2,19,28,32H2,3-6H3/b16-15-,17-12-,29-14-. The lowest BCUT2D eigenvalue weighted by Gasteiger charge is -2.38. The van der Waals surface area contributed by atoms with Crippen LogP contribution in [0.5, 0.6) is 0 Å². The third-order valence-electron chi connectivity index (χ3n) is 11.4. The number of hydrogen-bond donors (Lipinski definition) is 0. The second kappa shape index (κ2) is 11.9. The van der Waals surface area contributed by atoms with Gasteiger partial charge in [0, 0.05) is 34.3 Å². The van der Waals surface area contributed by atoms with E-state index in [2.05, 4.69) is 167 Å². The van der Waals surface area contributed by atoms with Gasteiger partial charge in [-0.2, -0.15) is 0 Å². The van der Waals surface area contributed by atoms with Gasteiger partial charge in [0.15, 0.2) is 0 Å². The van der Waals surface area contributed by atoms with Gasteiger partial charge in [-0.1, -0.05) is 144 Å². The summed E-state index contributed by atoms with van der Waals surface area (Å²) in [6.07, 6.45) is 20.4. The highest BCUT2D eigenvalue weighted by atomic mass is 16.5. The van der Waals surface area contributed by atoms with Crippen molar-refractivity contribution in [2.45, 2.75) is 56.8 Å². The van der Waals surface area contributed by atoms with Gasteiger partial charge in [-0.05, 0) is 93.3 Å². The quantitative estimate of drug-likeness (QED) is 0.214. The molecule has 4 aromatic carbocycles. The molecule has 2 heteroatoms.